The number of benzene rings is 1. The summed E-state index contributed by atoms with van der Waals surface area (Å²) in [4.78, 5) is 0.116. The molecule has 1 aliphatic rings. The number of nitrogens with one attached hydrogen (secondary N) is 1. The van der Waals surface area contributed by atoms with Crippen molar-refractivity contribution in [3.8, 4) is 5.75 Å². The summed E-state index contributed by atoms with van der Waals surface area (Å²) in [6.45, 7) is 2.06. The first-order chi connectivity index (χ1) is 8.47. The van der Waals surface area contributed by atoms with Gasteiger partial charge in [0.1, 0.15) is 10.6 Å². The highest BCUT2D eigenvalue weighted by atomic mass is 32.2. The summed E-state index contributed by atoms with van der Waals surface area (Å²) in [5.74, 6) is 1.00. The molecule has 100 valence electrons. The molecule has 5 nitrogen and oxygen atoms in total. The van der Waals surface area contributed by atoms with Crippen LogP contribution in [0.2, 0.25) is 0 Å². The minimum absolute atomic E-state index is 0.0569. The Hall–Kier alpha value is -1.27. The van der Waals surface area contributed by atoms with Crippen molar-refractivity contribution in [2.75, 3.05) is 12.8 Å². The molecule has 0 saturated heterocycles. The zero-order valence-corrected chi connectivity index (χ0v) is 11.3. The van der Waals surface area contributed by atoms with Crippen LogP contribution in [0, 0.1) is 5.92 Å². The zero-order valence-electron chi connectivity index (χ0n) is 10.5. The number of methoxy groups -OCH3 is 1. The van der Waals surface area contributed by atoms with E-state index in [4.69, 9.17) is 10.5 Å². The van der Waals surface area contributed by atoms with Crippen LogP contribution in [0.15, 0.2) is 23.1 Å². The van der Waals surface area contributed by atoms with Gasteiger partial charge in [0.05, 0.1) is 12.8 Å². The molecule has 0 amide bonds. The van der Waals surface area contributed by atoms with Gasteiger partial charge < -0.3 is 10.5 Å². The summed E-state index contributed by atoms with van der Waals surface area (Å²) in [6, 6.07) is 4.63. The Balaban J connectivity index is 2.19. The van der Waals surface area contributed by atoms with Crippen LogP contribution in [-0.2, 0) is 10.0 Å². The van der Waals surface area contributed by atoms with E-state index in [1.54, 1.807) is 6.07 Å². The molecule has 0 aliphatic heterocycles. The molecule has 0 radical (unpaired) electrons. The zero-order chi connectivity index (χ0) is 13.3. The van der Waals surface area contributed by atoms with Gasteiger partial charge in [0.15, 0.2) is 0 Å². The number of rotatable bonds is 5. The van der Waals surface area contributed by atoms with Gasteiger partial charge in [0.25, 0.3) is 0 Å². The molecule has 1 aromatic rings. The van der Waals surface area contributed by atoms with Crippen LogP contribution in [0.5, 0.6) is 5.75 Å². The second-order valence-electron chi connectivity index (χ2n) is 4.54. The van der Waals surface area contributed by atoms with E-state index in [1.807, 2.05) is 0 Å². The summed E-state index contributed by atoms with van der Waals surface area (Å²) in [5, 5.41) is 0. The van der Waals surface area contributed by atoms with E-state index < -0.39 is 10.0 Å². The Labute approximate surface area is 107 Å². The number of hydrogen-bond acceptors (Lipinski definition) is 4. The van der Waals surface area contributed by atoms with Gasteiger partial charge in [-0.05, 0) is 24.5 Å². The van der Waals surface area contributed by atoms with Crippen LogP contribution in [0.3, 0.4) is 0 Å². The number of sulfonamides is 1. The van der Waals surface area contributed by atoms with Crippen LogP contribution < -0.4 is 15.2 Å². The second-order valence-corrected chi connectivity index (χ2v) is 6.22. The number of anilines is 1. The van der Waals surface area contributed by atoms with E-state index in [1.165, 1.54) is 19.2 Å². The first-order valence-corrected chi connectivity index (χ1v) is 7.42. The Bertz CT molecular complexity index is 542. The van der Waals surface area contributed by atoms with Gasteiger partial charge in [-0.15, -0.1) is 0 Å². The van der Waals surface area contributed by atoms with E-state index >= 15 is 0 Å². The van der Waals surface area contributed by atoms with Crippen molar-refractivity contribution in [3.63, 3.8) is 0 Å². The van der Waals surface area contributed by atoms with Crippen molar-refractivity contribution in [2.24, 2.45) is 5.92 Å². The molecule has 1 saturated carbocycles. The Morgan fingerprint density at radius 1 is 1.50 bits per heavy atom. The van der Waals surface area contributed by atoms with E-state index in [0.29, 0.717) is 11.7 Å². The highest BCUT2D eigenvalue weighted by Gasteiger charge is 2.39. The predicted molar refractivity (Wildman–Crippen MR) is 69.9 cm³/mol. The van der Waals surface area contributed by atoms with Crippen LogP contribution >= 0.6 is 0 Å². The number of nitrogen functional groups attached to an aromatic ring is 1. The molecule has 1 fully saturated rings. The van der Waals surface area contributed by atoms with E-state index in [-0.39, 0.29) is 16.6 Å². The summed E-state index contributed by atoms with van der Waals surface area (Å²) >= 11 is 0. The molecule has 6 heteroatoms. The number of ether oxygens (including phenoxy) is 1. The molecule has 2 unspecified atom stereocenters. The molecule has 18 heavy (non-hydrogen) atoms. The normalized spacial score (nSPS) is 22.8. The molecule has 0 spiro atoms. The van der Waals surface area contributed by atoms with Gasteiger partial charge in [-0.2, -0.15) is 0 Å². The number of nitrogens with two attached hydrogens (primary N) is 1. The van der Waals surface area contributed by atoms with E-state index in [9.17, 15) is 8.42 Å². The van der Waals surface area contributed by atoms with Crippen molar-refractivity contribution in [1.29, 1.82) is 0 Å². The molecule has 2 atom stereocenters. The Morgan fingerprint density at radius 2 is 2.22 bits per heavy atom. The highest BCUT2D eigenvalue weighted by Crippen LogP contribution is 2.35. The SMILES string of the molecule is CCC1CC1NS(=O)(=O)c1ccc(OC)cc1N. The van der Waals surface area contributed by atoms with Gasteiger partial charge in [0.2, 0.25) is 10.0 Å². The quantitative estimate of drug-likeness (QED) is 0.791. The first kappa shape index (κ1) is 13.2. The number of hydrogen-bond donors (Lipinski definition) is 2. The van der Waals surface area contributed by atoms with Crippen LogP contribution in [0.4, 0.5) is 5.69 Å². The molecule has 0 aromatic heterocycles. The van der Waals surface area contributed by atoms with E-state index in [2.05, 4.69) is 11.6 Å². The molecular formula is C12H18N2O3S. The third-order valence-electron chi connectivity index (χ3n) is 3.26. The second kappa shape index (κ2) is 4.78. The molecular weight excluding hydrogens is 252 g/mol. The summed E-state index contributed by atoms with van der Waals surface area (Å²) in [6.07, 6.45) is 1.90. The van der Waals surface area contributed by atoms with Crippen molar-refractivity contribution in [3.05, 3.63) is 18.2 Å². The summed E-state index contributed by atoms with van der Waals surface area (Å²) in [5.41, 5.74) is 5.95. The molecule has 1 aromatic carbocycles. The molecule has 3 N–H and O–H groups in total. The lowest BCUT2D eigenvalue weighted by Gasteiger charge is -2.10. The molecule has 0 heterocycles. The summed E-state index contributed by atoms with van der Waals surface area (Å²) < 4.78 is 31.9. The maximum Gasteiger partial charge on any atom is 0.242 e. The van der Waals surface area contributed by atoms with Gasteiger partial charge in [-0.25, -0.2) is 13.1 Å². The van der Waals surface area contributed by atoms with Gasteiger partial charge in [0, 0.05) is 12.1 Å². The van der Waals surface area contributed by atoms with Crippen molar-refractivity contribution >= 4 is 15.7 Å². The van der Waals surface area contributed by atoms with Gasteiger partial charge in [-0.3, -0.25) is 0 Å². The standard InChI is InChI=1S/C12H18N2O3S/c1-3-8-6-11(8)14-18(15,16)12-5-4-9(17-2)7-10(12)13/h4-5,7-8,11,14H,3,6,13H2,1-2H3. The third kappa shape index (κ3) is 2.59. The van der Waals surface area contributed by atoms with Gasteiger partial charge in [-0.1, -0.05) is 13.3 Å². The Morgan fingerprint density at radius 3 is 2.72 bits per heavy atom. The fraction of sp³-hybridized carbons (Fsp3) is 0.500. The average molecular weight is 270 g/mol. The summed E-state index contributed by atoms with van der Waals surface area (Å²) in [7, 11) is -2.02. The predicted octanol–water partition coefficient (Wildman–Crippen LogP) is 1.35. The average Bonchev–Trinajstić information content (AvgIpc) is 3.06. The van der Waals surface area contributed by atoms with Crippen molar-refractivity contribution in [1.82, 2.24) is 4.72 Å². The minimum Gasteiger partial charge on any atom is -0.497 e. The minimum atomic E-state index is -3.53. The van der Waals surface area contributed by atoms with Crippen LogP contribution in [-0.4, -0.2) is 21.6 Å². The highest BCUT2D eigenvalue weighted by molar-refractivity contribution is 7.89. The largest absolute Gasteiger partial charge is 0.497 e. The fourth-order valence-electron chi connectivity index (χ4n) is 2.00. The van der Waals surface area contributed by atoms with Crippen LogP contribution in [0.25, 0.3) is 0 Å². The lowest BCUT2D eigenvalue weighted by Crippen LogP contribution is -2.27. The monoisotopic (exact) mass is 270 g/mol. The van der Waals surface area contributed by atoms with Gasteiger partial charge >= 0.3 is 0 Å². The smallest absolute Gasteiger partial charge is 0.242 e. The van der Waals surface area contributed by atoms with Crippen LogP contribution in [0.1, 0.15) is 19.8 Å². The van der Waals surface area contributed by atoms with Crippen molar-refractivity contribution < 1.29 is 13.2 Å². The third-order valence-corrected chi connectivity index (χ3v) is 4.82. The topological polar surface area (TPSA) is 81.4 Å². The Kier molecular flexibility index (Phi) is 3.49. The van der Waals surface area contributed by atoms with E-state index in [0.717, 1.165) is 12.8 Å². The molecule has 2 rings (SSSR count). The molecule has 1 aliphatic carbocycles. The maximum atomic E-state index is 12.1. The molecule has 0 bridgehead atoms. The maximum absolute atomic E-state index is 12.1. The lowest BCUT2D eigenvalue weighted by molar-refractivity contribution is 0.414. The lowest BCUT2D eigenvalue weighted by atomic mass is 10.3. The fourth-order valence-corrected chi connectivity index (χ4v) is 3.43. The van der Waals surface area contributed by atoms with Crippen molar-refractivity contribution in [2.45, 2.75) is 30.7 Å². The first-order valence-electron chi connectivity index (χ1n) is 5.93.